The minimum atomic E-state index is 0.198. The number of ketones is 1. The van der Waals surface area contributed by atoms with E-state index in [0.717, 1.165) is 11.1 Å². The van der Waals surface area contributed by atoms with Crippen LogP contribution in [0.5, 0.6) is 0 Å². The first-order valence-corrected chi connectivity index (χ1v) is 4.14. The predicted molar refractivity (Wildman–Crippen MR) is 47.2 cm³/mol. The molecule has 1 atom stereocenters. The molecule has 2 heteroatoms. The fourth-order valence-electron chi connectivity index (χ4n) is 1.58. The Bertz CT molecular complexity index is 319. The normalized spacial score (nSPS) is 22.1. The van der Waals surface area contributed by atoms with Crippen molar-refractivity contribution in [1.29, 1.82) is 0 Å². The number of carbonyl (C=O) groups is 1. The van der Waals surface area contributed by atoms with Gasteiger partial charge in [0.2, 0.25) is 0 Å². The van der Waals surface area contributed by atoms with E-state index in [4.69, 9.17) is 0 Å². The van der Waals surface area contributed by atoms with E-state index in [1.807, 2.05) is 24.3 Å². The Hall–Kier alpha value is -1.15. The number of Topliss-reactive ketones (excluding diaryl/α,β-unsaturated/α-hetero) is 1. The monoisotopic (exact) mass is 161 g/mol. The van der Waals surface area contributed by atoms with Gasteiger partial charge in [-0.25, -0.2) is 0 Å². The molecule has 1 aliphatic heterocycles. The lowest BCUT2D eigenvalue weighted by atomic mass is 9.95. The van der Waals surface area contributed by atoms with Crippen molar-refractivity contribution in [1.82, 2.24) is 5.32 Å². The van der Waals surface area contributed by atoms with Crippen molar-refractivity contribution in [3.63, 3.8) is 0 Å². The van der Waals surface area contributed by atoms with Gasteiger partial charge in [-0.05, 0) is 12.5 Å². The molecule has 0 bridgehead atoms. The summed E-state index contributed by atoms with van der Waals surface area (Å²) in [4.78, 5) is 11.4. The van der Waals surface area contributed by atoms with Gasteiger partial charge in [-0.3, -0.25) is 4.79 Å². The third-order valence-electron chi connectivity index (χ3n) is 2.30. The first-order chi connectivity index (χ1) is 5.79. The average molecular weight is 161 g/mol. The highest BCUT2D eigenvalue weighted by Gasteiger charge is 2.20. The zero-order valence-corrected chi connectivity index (χ0v) is 7.00. The van der Waals surface area contributed by atoms with Crippen LogP contribution in [0.1, 0.15) is 28.9 Å². The first kappa shape index (κ1) is 7.50. The largest absolute Gasteiger partial charge is 0.303 e. The lowest BCUT2D eigenvalue weighted by Gasteiger charge is -2.22. The van der Waals surface area contributed by atoms with Crippen molar-refractivity contribution in [2.24, 2.45) is 0 Å². The van der Waals surface area contributed by atoms with Crippen LogP contribution in [0.3, 0.4) is 0 Å². The molecule has 2 nitrogen and oxygen atoms in total. The Balaban J connectivity index is 2.55. The van der Waals surface area contributed by atoms with Gasteiger partial charge in [0.15, 0.2) is 5.78 Å². The number of hydrogen-bond donors (Lipinski definition) is 1. The standard InChI is InChI=1S/C10H11NO/c1-7-8-4-2-3-5-9(8)10(12)6-11-7/h2-5,7,11H,6H2,1H3. The molecular weight excluding hydrogens is 150 g/mol. The predicted octanol–water partition coefficient (Wildman–Crippen LogP) is 1.53. The quantitative estimate of drug-likeness (QED) is 0.625. The number of nitrogens with one attached hydrogen (secondary N) is 1. The molecule has 0 saturated heterocycles. The minimum absolute atomic E-state index is 0.198. The highest BCUT2D eigenvalue weighted by molar-refractivity contribution is 6.00. The topological polar surface area (TPSA) is 29.1 Å². The van der Waals surface area contributed by atoms with Gasteiger partial charge < -0.3 is 5.32 Å². The number of fused-ring (bicyclic) bond motifs is 1. The van der Waals surface area contributed by atoms with Gasteiger partial charge in [0.05, 0.1) is 6.54 Å². The summed E-state index contributed by atoms with van der Waals surface area (Å²) in [6, 6.07) is 8.09. The molecule has 0 fully saturated rings. The Morgan fingerprint density at radius 2 is 2.17 bits per heavy atom. The summed E-state index contributed by atoms with van der Waals surface area (Å²) in [5.41, 5.74) is 2.00. The van der Waals surface area contributed by atoms with E-state index in [-0.39, 0.29) is 5.78 Å². The third-order valence-corrected chi connectivity index (χ3v) is 2.30. The molecule has 0 saturated carbocycles. The van der Waals surface area contributed by atoms with E-state index in [0.29, 0.717) is 12.6 Å². The first-order valence-electron chi connectivity index (χ1n) is 4.14. The van der Waals surface area contributed by atoms with Crippen molar-refractivity contribution in [2.45, 2.75) is 13.0 Å². The maximum atomic E-state index is 11.4. The Morgan fingerprint density at radius 3 is 2.92 bits per heavy atom. The molecule has 62 valence electrons. The van der Waals surface area contributed by atoms with Gasteiger partial charge in [-0.2, -0.15) is 0 Å². The molecule has 0 spiro atoms. The summed E-state index contributed by atoms with van der Waals surface area (Å²) in [5, 5.41) is 3.14. The van der Waals surface area contributed by atoms with Gasteiger partial charge in [-0.1, -0.05) is 24.3 Å². The van der Waals surface area contributed by atoms with E-state index in [1.165, 1.54) is 0 Å². The van der Waals surface area contributed by atoms with Crippen molar-refractivity contribution in [2.75, 3.05) is 6.54 Å². The highest BCUT2D eigenvalue weighted by Crippen LogP contribution is 2.21. The van der Waals surface area contributed by atoms with Crippen LogP contribution in [-0.2, 0) is 0 Å². The van der Waals surface area contributed by atoms with Crippen molar-refractivity contribution >= 4 is 5.78 Å². The molecule has 0 aliphatic carbocycles. The van der Waals surface area contributed by atoms with Gasteiger partial charge in [0.25, 0.3) is 0 Å². The van der Waals surface area contributed by atoms with E-state index in [9.17, 15) is 4.79 Å². The molecule has 1 aromatic carbocycles. The van der Waals surface area contributed by atoms with E-state index < -0.39 is 0 Å². The van der Waals surface area contributed by atoms with Crippen LogP contribution < -0.4 is 5.32 Å². The summed E-state index contributed by atoms with van der Waals surface area (Å²) in [6.07, 6.45) is 0. The van der Waals surface area contributed by atoms with E-state index in [1.54, 1.807) is 0 Å². The van der Waals surface area contributed by atoms with Crippen LogP contribution in [0.2, 0.25) is 0 Å². The van der Waals surface area contributed by atoms with Crippen molar-refractivity contribution in [3.05, 3.63) is 35.4 Å². The van der Waals surface area contributed by atoms with Crippen LogP contribution in [0.4, 0.5) is 0 Å². The maximum Gasteiger partial charge on any atom is 0.176 e. The van der Waals surface area contributed by atoms with Crippen LogP contribution in [0.15, 0.2) is 24.3 Å². The molecule has 12 heavy (non-hydrogen) atoms. The second kappa shape index (κ2) is 2.72. The van der Waals surface area contributed by atoms with Crippen LogP contribution in [-0.4, -0.2) is 12.3 Å². The third kappa shape index (κ3) is 1.04. The zero-order chi connectivity index (χ0) is 8.55. The zero-order valence-electron chi connectivity index (χ0n) is 7.00. The number of hydrogen-bond acceptors (Lipinski definition) is 2. The molecule has 0 aromatic heterocycles. The van der Waals surface area contributed by atoms with Gasteiger partial charge in [0.1, 0.15) is 0 Å². The molecule has 0 radical (unpaired) electrons. The Morgan fingerprint density at radius 1 is 1.42 bits per heavy atom. The van der Waals surface area contributed by atoms with Gasteiger partial charge in [-0.15, -0.1) is 0 Å². The lowest BCUT2D eigenvalue weighted by Crippen LogP contribution is -2.32. The van der Waals surface area contributed by atoms with Crippen molar-refractivity contribution < 1.29 is 4.79 Å². The Labute approximate surface area is 71.6 Å². The summed E-state index contributed by atoms with van der Waals surface area (Å²) in [5.74, 6) is 0.198. The lowest BCUT2D eigenvalue weighted by molar-refractivity contribution is 0.0977. The van der Waals surface area contributed by atoms with Crippen LogP contribution in [0, 0.1) is 0 Å². The maximum absolute atomic E-state index is 11.4. The summed E-state index contributed by atoms with van der Waals surface area (Å²) in [7, 11) is 0. The molecule has 1 aliphatic rings. The van der Waals surface area contributed by atoms with Gasteiger partial charge in [0, 0.05) is 11.6 Å². The average Bonchev–Trinajstić information content (AvgIpc) is 2.12. The number of rotatable bonds is 0. The summed E-state index contributed by atoms with van der Waals surface area (Å²) >= 11 is 0. The van der Waals surface area contributed by atoms with Gasteiger partial charge >= 0.3 is 0 Å². The van der Waals surface area contributed by atoms with Crippen LogP contribution >= 0.6 is 0 Å². The second-order valence-corrected chi connectivity index (χ2v) is 3.11. The van der Waals surface area contributed by atoms with E-state index >= 15 is 0 Å². The summed E-state index contributed by atoms with van der Waals surface area (Å²) < 4.78 is 0. The SMILES string of the molecule is CC1NCC(=O)c2ccccc21. The molecule has 1 heterocycles. The minimum Gasteiger partial charge on any atom is -0.303 e. The number of benzene rings is 1. The fraction of sp³-hybridized carbons (Fsp3) is 0.300. The second-order valence-electron chi connectivity index (χ2n) is 3.11. The highest BCUT2D eigenvalue weighted by atomic mass is 16.1. The van der Waals surface area contributed by atoms with Crippen LogP contribution in [0.25, 0.3) is 0 Å². The van der Waals surface area contributed by atoms with Crippen molar-refractivity contribution in [3.8, 4) is 0 Å². The Kier molecular flexibility index (Phi) is 1.70. The fourth-order valence-corrected chi connectivity index (χ4v) is 1.58. The molecule has 1 N–H and O–H groups in total. The molecule has 0 amide bonds. The molecular formula is C10H11NO. The molecule has 2 rings (SSSR count). The smallest absolute Gasteiger partial charge is 0.176 e. The molecule has 1 aromatic rings. The number of carbonyl (C=O) groups excluding carboxylic acids is 1. The molecule has 1 unspecified atom stereocenters. The van der Waals surface area contributed by atoms with E-state index in [2.05, 4.69) is 12.2 Å². The summed E-state index contributed by atoms with van der Waals surface area (Å²) in [6.45, 7) is 2.55.